The molecule has 0 heterocycles. The Kier molecular flexibility index (Phi) is 14.6. The number of hydrogen-bond acceptors (Lipinski definition) is 3. The first-order chi connectivity index (χ1) is 7.20. The molecule has 0 unspecified atom stereocenters. The average molecular weight is 214 g/mol. The maximum absolute atomic E-state index is 5.00. The summed E-state index contributed by atoms with van der Waals surface area (Å²) in [6.45, 7) is 12.0. The predicted octanol–water partition coefficient (Wildman–Crippen LogP) is 1.83. The molecule has 0 aromatic carbocycles. The lowest BCUT2D eigenvalue weighted by atomic mass is 10.5. The van der Waals surface area contributed by atoms with Gasteiger partial charge in [-0.1, -0.05) is 6.08 Å². The van der Waals surface area contributed by atoms with Crippen LogP contribution in [0, 0.1) is 0 Å². The van der Waals surface area contributed by atoms with Gasteiger partial charge in [-0.2, -0.15) is 0 Å². The minimum Gasteiger partial charge on any atom is -0.383 e. The zero-order valence-corrected chi connectivity index (χ0v) is 10.7. The molecule has 0 atom stereocenters. The van der Waals surface area contributed by atoms with Gasteiger partial charge in [0.1, 0.15) is 0 Å². The maximum Gasteiger partial charge on any atom is 0.0589 e. The fourth-order valence-electron chi connectivity index (χ4n) is 1.02. The zero-order chi connectivity index (χ0) is 12.1. The van der Waals surface area contributed by atoms with Crippen LogP contribution >= 0.6 is 0 Å². The molecule has 0 N–H and O–H groups in total. The highest BCUT2D eigenvalue weighted by Crippen LogP contribution is 1.87. The largest absolute Gasteiger partial charge is 0.383 e. The summed E-state index contributed by atoms with van der Waals surface area (Å²) in [6, 6.07) is 0. The molecule has 0 aliphatic heterocycles. The smallest absolute Gasteiger partial charge is 0.0589 e. The van der Waals surface area contributed by atoms with Crippen molar-refractivity contribution in [3.05, 3.63) is 25.4 Å². The number of likely N-dealkylation sites (N-methyl/N-ethyl adjacent to an activating group) is 2. The van der Waals surface area contributed by atoms with Gasteiger partial charge in [-0.25, -0.2) is 0 Å². The fraction of sp³-hybridized carbons (Fsp3) is 0.667. The lowest BCUT2D eigenvalue weighted by molar-refractivity contribution is 0.158. The molecule has 0 saturated heterocycles. The maximum atomic E-state index is 5.00. The van der Waals surface area contributed by atoms with Crippen LogP contribution in [0.4, 0.5) is 0 Å². The quantitative estimate of drug-likeness (QED) is 0.601. The normalized spacial score (nSPS) is 10.2. The van der Waals surface area contributed by atoms with E-state index in [0.29, 0.717) is 0 Å². The van der Waals surface area contributed by atoms with Gasteiger partial charge >= 0.3 is 0 Å². The van der Waals surface area contributed by atoms with Gasteiger partial charge in [0.25, 0.3) is 0 Å². The first-order valence-corrected chi connectivity index (χ1v) is 5.21. The van der Waals surface area contributed by atoms with Gasteiger partial charge in [0.05, 0.1) is 6.61 Å². The Hall–Kier alpha value is -0.800. The van der Waals surface area contributed by atoms with Gasteiger partial charge < -0.3 is 14.5 Å². The van der Waals surface area contributed by atoms with Crippen LogP contribution in [0.2, 0.25) is 0 Å². The molecule has 0 aliphatic rings. The number of ether oxygens (including phenoxy) is 1. The van der Waals surface area contributed by atoms with Gasteiger partial charge in [0.2, 0.25) is 0 Å². The van der Waals surface area contributed by atoms with E-state index in [1.165, 1.54) is 0 Å². The van der Waals surface area contributed by atoms with E-state index in [1.807, 2.05) is 6.92 Å². The fourth-order valence-corrected chi connectivity index (χ4v) is 1.02. The summed E-state index contributed by atoms with van der Waals surface area (Å²) in [4.78, 5) is 4.45. The Morgan fingerprint density at radius 3 is 2.20 bits per heavy atom. The first-order valence-electron chi connectivity index (χ1n) is 5.21. The lowest BCUT2D eigenvalue weighted by Gasteiger charge is -2.20. The van der Waals surface area contributed by atoms with Crippen LogP contribution in [0.3, 0.4) is 0 Å². The zero-order valence-electron chi connectivity index (χ0n) is 10.7. The molecule has 0 fully saturated rings. The van der Waals surface area contributed by atoms with E-state index in [4.69, 9.17) is 4.74 Å². The Balaban J connectivity index is 0. The highest BCUT2D eigenvalue weighted by molar-refractivity contribution is 4.76. The van der Waals surface area contributed by atoms with Crippen LogP contribution in [0.25, 0.3) is 0 Å². The minimum atomic E-state index is 0.809. The second kappa shape index (κ2) is 13.2. The highest BCUT2D eigenvalue weighted by Gasteiger charge is 1.97. The number of nitrogens with zero attached hydrogens (tertiary/aromatic N) is 2. The number of methoxy groups -OCH3 is 1. The van der Waals surface area contributed by atoms with E-state index in [2.05, 4.69) is 49.3 Å². The van der Waals surface area contributed by atoms with Crippen molar-refractivity contribution < 1.29 is 4.74 Å². The molecule has 3 heteroatoms. The monoisotopic (exact) mass is 214 g/mol. The summed E-state index contributed by atoms with van der Waals surface area (Å²) in [6.07, 6.45) is 4.14. The van der Waals surface area contributed by atoms with Crippen molar-refractivity contribution in [3.8, 4) is 0 Å². The molecule has 0 bridgehead atoms. The Bertz CT molecular complexity index is 149. The number of hydrogen-bond donors (Lipinski definition) is 0. The van der Waals surface area contributed by atoms with Crippen LogP contribution in [0.15, 0.2) is 25.4 Å². The van der Waals surface area contributed by atoms with Gasteiger partial charge in [-0.05, 0) is 20.2 Å². The molecule has 3 nitrogen and oxygen atoms in total. The summed E-state index contributed by atoms with van der Waals surface area (Å²) in [5, 5.41) is 0. The summed E-state index contributed by atoms with van der Waals surface area (Å²) in [5.41, 5.74) is 0. The molecular weight excluding hydrogens is 188 g/mol. The van der Waals surface area contributed by atoms with E-state index in [1.54, 1.807) is 7.11 Å². The Morgan fingerprint density at radius 2 is 1.73 bits per heavy atom. The van der Waals surface area contributed by atoms with Crippen molar-refractivity contribution >= 4 is 0 Å². The van der Waals surface area contributed by atoms with Gasteiger partial charge in [0, 0.05) is 33.8 Å². The molecule has 0 aromatic heterocycles. The van der Waals surface area contributed by atoms with E-state index in [9.17, 15) is 0 Å². The molecule has 90 valence electrons. The van der Waals surface area contributed by atoms with Crippen molar-refractivity contribution in [3.63, 3.8) is 0 Å². The first kappa shape index (κ1) is 16.6. The van der Waals surface area contributed by atoms with E-state index in [0.717, 1.165) is 26.2 Å². The number of rotatable bonds is 7. The van der Waals surface area contributed by atoms with Crippen LogP contribution in [0.5, 0.6) is 0 Å². The SMILES string of the molecule is C/C=C\N(C)CCN(C)CCOC.C=C. The van der Waals surface area contributed by atoms with E-state index < -0.39 is 0 Å². The van der Waals surface area contributed by atoms with Crippen molar-refractivity contribution in [2.24, 2.45) is 0 Å². The second-order valence-electron chi connectivity index (χ2n) is 3.26. The molecule has 0 spiro atoms. The van der Waals surface area contributed by atoms with Crippen LogP contribution in [0.1, 0.15) is 6.92 Å². The third kappa shape index (κ3) is 13.2. The Labute approximate surface area is 95.0 Å². The molecule has 0 aliphatic carbocycles. The van der Waals surface area contributed by atoms with Crippen molar-refractivity contribution in [2.75, 3.05) is 47.4 Å². The lowest BCUT2D eigenvalue weighted by Crippen LogP contribution is -2.30. The molecule has 0 aromatic rings. The molecule has 0 rings (SSSR count). The van der Waals surface area contributed by atoms with Gasteiger partial charge in [-0.3, -0.25) is 0 Å². The number of allylic oxidation sites excluding steroid dienone is 1. The van der Waals surface area contributed by atoms with E-state index >= 15 is 0 Å². The predicted molar refractivity (Wildman–Crippen MR) is 68.1 cm³/mol. The van der Waals surface area contributed by atoms with Crippen molar-refractivity contribution in [1.82, 2.24) is 9.80 Å². The Morgan fingerprint density at radius 1 is 1.13 bits per heavy atom. The third-order valence-corrected chi connectivity index (χ3v) is 1.92. The summed E-state index contributed by atoms with van der Waals surface area (Å²) in [7, 11) is 5.94. The average Bonchev–Trinajstić information content (AvgIpc) is 2.26. The molecule has 15 heavy (non-hydrogen) atoms. The van der Waals surface area contributed by atoms with Gasteiger partial charge in [-0.15, -0.1) is 13.2 Å². The molecular formula is C12H26N2O. The standard InChI is InChI=1S/C10H22N2O.C2H4/c1-5-6-11(2)7-8-12(3)9-10-13-4;1-2/h5-6H,7-10H2,1-4H3;1-2H2/b6-5-;. The molecule has 0 saturated carbocycles. The van der Waals surface area contributed by atoms with Crippen LogP contribution < -0.4 is 0 Å². The van der Waals surface area contributed by atoms with Crippen LogP contribution in [-0.2, 0) is 4.74 Å². The summed E-state index contributed by atoms with van der Waals surface area (Å²) < 4.78 is 5.00. The minimum absolute atomic E-state index is 0.809. The second-order valence-corrected chi connectivity index (χ2v) is 3.26. The van der Waals surface area contributed by atoms with E-state index in [-0.39, 0.29) is 0 Å². The third-order valence-electron chi connectivity index (χ3n) is 1.92. The van der Waals surface area contributed by atoms with Crippen LogP contribution in [-0.4, -0.2) is 57.2 Å². The topological polar surface area (TPSA) is 15.7 Å². The van der Waals surface area contributed by atoms with Gasteiger partial charge in [0.15, 0.2) is 0 Å². The van der Waals surface area contributed by atoms with Crippen molar-refractivity contribution in [2.45, 2.75) is 6.92 Å². The highest BCUT2D eigenvalue weighted by atomic mass is 16.5. The summed E-state index contributed by atoms with van der Waals surface area (Å²) in [5.74, 6) is 0. The van der Waals surface area contributed by atoms with Crippen molar-refractivity contribution in [1.29, 1.82) is 0 Å². The molecule has 0 radical (unpaired) electrons. The summed E-state index contributed by atoms with van der Waals surface area (Å²) >= 11 is 0. The molecule has 0 amide bonds.